The average molecular weight is 481 g/mol. The molecule has 0 saturated heterocycles. The lowest BCUT2D eigenvalue weighted by atomic mass is 9.87. The van der Waals surface area contributed by atoms with Crippen LogP contribution in [-0.2, 0) is 14.4 Å². The van der Waals surface area contributed by atoms with Crippen LogP contribution in [0.2, 0.25) is 0 Å². The number of nitrogens with one attached hydrogen (secondary N) is 2. The first-order valence-corrected chi connectivity index (χ1v) is 13.9. The van der Waals surface area contributed by atoms with E-state index in [0.29, 0.717) is 25.7 Å². The van der Waals surface area contributed by atoms with E-state index in [9.17, 15) is 14.4 Å². The fourth-order valence-electron chi connectivity index (χ4n) is 3.93. The summed E-state index contributed by atoms with van der Waals surface area (Å²) in [6.45, 7) is 16.3. The van der Waals surface area contributed by atoms with Crippen LogP contribution in [0.15, 0.2) is 0 Å². The van der Waals surface area contributed by atoms with E-state index in [4.69, 9.17) is 0 Å². The first kappa shape index (κ1) is 32.9. The molecule has 0 rings (SSSR count). The molecule has 5 nitrogen and oxygen atoms in total. The first-order valence-electron chi connectivity index (χ1n) is 13.9. The lowest BCUT2D eigenvalue weighted by molar-refractivity contribution is -0.129. The molecule has 0 saturated carbocycles. The Labute approximate surface area is 211 Å². The molecule has 0 aliphatic rings. The third-order valence-corrected chi connectivity index (χ3v) is 6.16. The molecular formula is C29H56N2O3. The largest absolute Gasteiger partial charge is 0.317 e. The molecule has 0 aromatic carbocycles. The van der Waals surface area contributed by atoms with Gasteiger partial charge in [0.1, 0.15) is 17.3 Å². The molecule has 0 aliphatic carbocycles. The summed E-state index contributed by atoms with van der Waals surface area (Å²) < 4.78 is 0. The smallest absolute Gasteiger partial charge is 0.149 e. The molecule has 0 aromatic rings. The lowest BCUT2D eigenvalue weighted by Crippen LogP contribution is -2.47. The highest BCUT2D eigenvalue weighted by atomic mass is 16.1. The fourth-order valence-corrected chi connectivity index (χ4v) is 3.93. The molecule has 0 fully saturated rings. The zero-order valence-corrected chi connectivity index (χ0v) is 23.6. The van der Waals surface area contributed by atoms with Gasteiger partial charge in [-0.05, 0) is 59.5 Å². The van der Waals surface area contributed by atoms with Gasteiger partial charge >= 0.3 is 0 Å². The predicted molar refractivity (Wildman–Crippen MR) is 144 cm³/mol. The molecule has 1 unspecified atom stereocenters. The maximum absolute atomic E-state index is 12.9. The van der Waals surface area contributed by atoms with Crippen LogP contribution in [0.25, 0.3) is 0 Å². The van der Waals surface area contributed by atoms with Crippen LogP contribution >= 0.6 is 0 Å². The average Bonchev–Trinajstić information content (AvgIpc) is 2.74. The van der Waals surface area contributed by atoms with Crippen LogP contribution in [0.1, 0.15) is 138 Å². The highest BCUT2D eigenvalue weighted by molar-refractivity contribution is 5.89. The minimum Gasteiger partial charge on any atom is -0.317 e. The second kappa shape index (κ2) is 18.2. The van der Waals surface area contributed by atoms with Crippen LogP contribution in [0.5, 0.6) is 0 Å². The van der Waals surface area contributed by atoms with Crippen molar-refractivity contribution in [3.8, 4) is 0 Å². The van der Waals surface area contributed by atoms with E-state index in [0.717, 1.165) is 25.9 Å². The summed E-state index contributed by atoms with van der Waals surface area (Å²) >= 11 is 0. The maximum atomic E-state index is 12.9. The van der Waals surface area contributed by atoms with Gasteiger partial charge in [-0.1, -0.05) is 66.2 Å². The Balaban J connectivity index is 4.17. The van der Waals surface area contributed by atoms with Crippen molar-refractivity contribution in [2.24, 2.45) is 5.41 Å². The van der Waals surface area contributed by atoms with Crippen molar-refractivity contribution in [1.82, 2.24) is 10.6 Å². The molecule has 0 spiro atoms. The molecular weight excluding hydrogens is 424 g/mol. The fraction of sp³-hybridized carbons (Fsp3) is 0.897. The number of carbonyl (C=O) groups is 3. The van der Waals surface area contributed by atoms with Crippen molar-refractivity contribution < 1.29 is 14.4 Å². The molecule has 2 N–H and O–H groups in total. The minimum absolute atomic E-state index is 0.0756. The molecule has 200 valence electrons. The Hall–Kier alpha value is -1.07. The number of unbranched alkanes of at least 4 members (excludes halogenated alkanes) is 7. The molecule has 0 heterocycles. The van der Waals surface area contributed by atoms with Gasteiger partial charge in [-0.3, -0.25) is 14.4 Å². The zero-order valence-electron chi connectivity index (χ0n) is 23.6. The summed E-state index contributed by atoms with van der Waals surface area (Å²) in [5.74, 6) is 0.406. The summed E-state index contributed by atoms with van der Waals surface area (Å²) in [7, 11) is 0. The third kappa shape index (κ3) is 19.3. The number of Topliss-reactive ketones (excluding diaryl/α,β-unsaturated/α-hetero) is 3. The standard InChI is InChI=1S/C29H56N2O3/c1-8-9-22-30-23-16-14-12-10-11-13-15-17-26(33)25(31-29(5,6)7)20-18-24(32)19-21-27(34)28(2,3)4/h25,30-31H,8-23H2,1-7H3. The van der Waals surface area contributed by atoms with Gasteiger partial charge in [0, 0.05) is 36.6 Å². The molecule has 0 aliphatic heterocycles. The van der Waals surface area contributed by atoms with Gasteiger partial charge in [-0.2, -0.15) is 0 Å². The van der Waals surface area contributed by atoms with E-state index in [2.05, 4.69) is 38.3 Å². The lowest BCUT2D eigenvalue weighted by Gasteiger charge is -2.28. The molecule has 34 heavy (non-hydrogen) atoms. The Morgan fingerprint density at radius 2 is 1.24 bits per heavy atom. The molecule has 0 aromatic heterocycles. The van der Waals surface area contributed by atoms with Gasteiger partial charge in [0.25, 0.3) is 0 Å². The minimum atomic E-state index is -0.405. The molecule has 0 amide bonds. The van der Waals surface area contributed by atoms with Gasteiger partial charge in [0.2, 0.25) is 0 Å². The van der Waals surface area contributed by atoms with E-state index in [1.165, 1.54) is 44.9 Å². The third-order valence-electron chi connectivity index (χ3n) is 6.16. The summed E-state index contributed by atoms with van der Waals surface area (Å²) in [5.41, 5.74) is -0.588. The molecule has 1 atom stereocenters. The highest BCUT2D eigenvalue weighted by Gasteiger charge is 2.25. The van der Waals surface area contributed by atoms with Crippen LogP contribution < -0.4 is 10.6 Å². The quantitative estimate of drug-likeness (QED) is 0.182. The van der Waals surface area contributed by atoms with E-state index in [1.807, 2.05) is 20.8 Å². The summed E-state index contributed by atoms with van der Waals surface area (Å²) in [6, 6.07) is -0.289. The number of hydrogen-bond donors (Lipinski definition) is 2. The number of ketones is 3. The van der Waals surface area contributed by atoms with Crippen LogP contribution in [0.4, 0.5) is 0 Å². The van der Waals surface area contributed by atoms with Crippen molar-refractivity contribution in [1.29, 1.82) is 0 Å². The van der Waals surface area contributed by atoms with Gasteiger partial charge < -0.3 is 10.6 Å². The van der Waals surface area contributed by atoms with Gasteiger partial charge in [0.15, 0.2) is 0 Å². The van der Waals surface area contributed by atoms with Crippen LogP contribution in [-0.4, -0.2) is 42.0 Å². The van der Waals surface area contributed by atoms with E-state index < -0.39 is 5.41 Å². The Bertz CT molecular complexity index is 573. The van der Waals surface area contributed by atoms with E-state index in [1.54, 1.807) is 0 Å². The van der Waals surface area contributed by atoms with E-state index >= 15 is 0 Å². The van der Waals surface area contributed by atoms with Gasteiger partial charge in [-0.25, -0.2) is 0 Å². The Morgan fingerprint density at radius 3 is 1.79 bits per heavy atom. The van der Waals surface area contributed by atoms with Crippen molar-refractivity contribution in [3.63, 3.8) is 0 Å². The summed E-state index contributed by atoms with van der Waals surface area (Å²) in [5, 5.41) is 6.91. The van der Waals surface area contributed by atoms with Crippen LogP contribution in [0.3, 0.4) is 0 Å². The topological polar surface area (TPSA) is 75.3 Å². The van der Waals surface area contributed by atoms with Crippen LogP contribution in [0, 0.1) is 5.41 Å². The van der Waals surface area contributed by atoms with Crippen molar-refractivity contribution in [3.05, 3.63) is 0 Å². The maximum Gasteiger partial charge on any atom is 0.149 e. The van der Waals surface area contributed by atoms with Crippen molar-refractivity contribution >= 4 is 17.3 Å². The normalized spacial score (nSPS) is 13.1. The first-order chi connectivity index (χ1) is 15.9. The SMILES string of the molecule is CCCCNCCCCCCCCCC(=O)C(CCC(=O)CCC(=O)C(C)(C)C)NC(C)(C)C. The van der Waals surface area contributed by atoms with Crippen molar-refractivity contribution in [2.75, 3.05) is 13.1 Å². The summed E-state index contributed by atoms with van der Waals surface area (Å²) in [6.07, 6.45) is 12.8. The number of rotatable bonds is 21. The predicted octanol–water partition coefficient (Wildman–Crippen LogP) is 6.57. The second-order valence-corrected chi connectivity index (χ2v) is 12.0. The second-order valence-electron chi connectivity index (χ2n) is 12.0. The van der Waals surface area contributed by atoms with E-state index in [-0.39, 0.29) is 35.4 Å². The van der Waals surface area contributed by atoms with Gasteiger partial charge in [-0.15, -0.1) is 0 Å². The van der Waals surface area contributed by atoms with Crippen molar-refractivity contribution in [2.45, 2.75) is 150 Å². The number of hydrogen-bond acceptors (Lipinski definition) is 5. The molecule has 5 heteroatoms. The monoisotopic (exact) mass is 480 g/mol. The highest BCUT2D eigenvalue weighted by Crippen LogP contribution is 2.19. The Kier molecular flexibility index (Phi) is 17.7. The molecule has 0 radical (unpaired) electrons. The van der Waals surface area contributed by atoms with Gasteiger partial charge in [0.05, 0.1) is 6.04 Å². The Morgan fingerprint density at radius 1 is 0.676 bits per heavy atom. The summed E-state index contributed by atoms with van der Waals surface area (Å²) in [4.78, 5) is 37.3. The number of carbonyl (C=O) groups excluding carboxylic acids is 3. The molecule has 0 bridgehead atoms. The zero-order chi connectivity index (χ0) is 26.0.